The highest BCUT2D eigenvalue weighted by Crippen LogP contribution is 2.33. The number of benzene rings is 1. The highest BCUT2D eigenvalue weighted by Gasteiger charge is 2.27. The highest BCUT2D eigenvalue weighted by molar-refractivity contribution is 5.96. The molecule has 25 heavy (non-hydrogen) atoms. The van der Waals surface area contributed by atoms with Crippen LogP contribution in [0.2, 0.25) is 0 Å². The van der Waals surface area contributed by atoms with Crippen molar-refractivity contribution in [2.45, 2.75) is 32.4 Å². The monoisotopic (exact) mass is 339 g/mol. The number of nitrogens with zero attached hydrogens (tertiary/aromatic N) is 3. The zero-order valence-corrected chi connectivity index (χ0v) is 13.8. The number of hydrogen-bond donors (Lipinski definition) is 0. The van der Waals surface area contributed by atoms with Gasteiger partial charge in [0.25, 0.3) is 5.56 Å². The molecule has 1 fully saturated rings. The van der Waals surface area contributed by atoms with Crippen molar-refractivity contribution in [1.29, 1.82) is 5.26 Å². The van der Waals surface area contributed by atoms with Crippen LogP contribution < -0.4 is 16.0 Å². The molecular weight excluding hydrogens is 322 g/mol. The average Bonchev–Trinajstić information content (AvgIpc) is 3.44. The minimum Gasteiger partial charge on any atom is -0.494 e. The Morgan fingerprint density at radius 1 is 1.28 bits per heavy atom. The Balaban J connectivity index is 1.93. The van der Waals surface area contributed by atoms with Crippen LogP contribution in [0.5, 0.6) is 5.75 Å². The Kier molecular flexibility index (Phi) is 4.52. The first-order chi connectivity index (χ1) is 12.0. The SMILES string of the molecule is CCOc1ccc(C(=O)Cn2c(=O)c(C#N)cn(C3CC3)c2=O)cc1. The van der Waals surface area contributed by atoms with Crippen molar-refractivity contribution in [2.24, 2.45) is 0 Å². The topological polar surface area (TPSA) is 94.1 Å². The summed E-state index contributed by atoms with van der Waals surface area (Å²) in [5.74, 6) is 0.262. The van der Waals surface area contributed by atoms with Gasteiger partial charge < -0.3 is 4.74 Å². The van der Waals surface area contributed by atoms with Gasteiger partial charge in [-0.25, -0.2) is 4.79 Å². The first kappa shape index (κ1) is 16.7. The van der Waals surface area contributed by atoms with E-state index in [-0.39, 0.29) is 17.4 Å². The minimum absolute atomic E-state index is 0.00651. The Labute approximate surface area is 143 Å². The molecule has 0 amide bonds. The zero-order valence-electron chi connectivity index (χ0n) is 13.8. The summed E-state index contributed by atoms with van der Waals surface area (Å²) in [5.41, 5.74) is -1.05. The van der Waals surface area contributed by atoms with E-state index in [1.807, 2.05) is 6.92 Å². The average molecular weight is 339 g/mol. The van der Waals surface area contributed by atoms with Gasteiger partial charge in [-0.15, -0.1) is 0 Å². The van der Waals surface area contributed by atoms with E-state index >= 15 is 0 Å². The van der Waals surface area contributed by atoms with Crippen LogP contribution in [0.4, 0.5) is 0 Å². The lowest BCUT2D eigenvalue weighted by atomic mass is 10.1. The summed E-state index contributed by atoms with van der Waals surface area (Å²) in [6, 6.07) is 8.31. The standard InChI is InChI=1S/C18H17N3O4/c1-2-25-15-7-3-12(4-8-15)16(22)11-21-17(23)13(9-19)10-20(18(21)24)14-5-6-14/h3-4,7-8,10,14H,2,5-6,11H2,1H3. The molecule has 0 saturated heterocycles. The van der Waals surface area contributed by atoms with Crippen LogP contribution in [0.15, 0.2) is 40.1 Å². The number of nitriles is 1. The number of hydrogen-bond acceptors (Lipinski definition) is 5. The van der Waals surface area contributed by atoms with Crippen molar-refractivity contribution in [1.82, 2.24) is 9.13 Å². The van der Waals surface area contributed by atoms with Crippen molar-refractivity contribution >= 4 is 5.78 Å². The number of aromatic nitrogens is 2. The van der Waals surface area contributed by atoms with Crippen molar-refractivity contribution in [2.75, 3.05) is 6.61 Å². The van der Waals surface area contributed by atoms with Gasteiger partial charge in [0.1, 0.15) is 17.4 Å². The zero-order chi connectivity index (χ0) is 18.0. The molecule has 128 valence electrons. The molecule has 1 aromatic carbocycles. The quantitative estimate of drug-likeness (QED) is 0.743. The maximum atomic E-state index is 12.5. The first-order valence-electron chi connectivity index (χ1n) is 8.07. The molecule has 0 N–H and O–H groups in total. The molecule has 0 spiro atoms. The Morgan fingerprint density at radius 3 is 2.52 bits per heavy atom. The van der Waals surface area contributed by atoms with Gasteiger partial charge in [-0.1, -0.05) is 0 Å². The summed E-state index contributed by atoms with van der Waals surface area (Å²) in [7, 11) is 0. The van der Waals surface area contributed by atoms with Gasteiger partial charge in [0.2, 0.25) is 0 Å². The van der Waals surface area contributed by atoms with Crippen LogP contribution in [0, 0.1) is 11.3 Å². The van der Waals surface area contributed by atoms with Crippen LogP contribution in [-0.4, -0.2) is 21.5 Å². The molecule has 0 atom stereocenters. The summed E-state index contributed by atoms with van der Waals surface area (Å²) in [5, 5.41) is 9.12. The fourth-order valence-corrected chi connectivity index (χ4v) is 2.59. The van der Waals surface area contributed by atoms with Gasteiger partial charge in [-0.2, -0.15) is 5.26 Å². The van der Waals surface area contributed by atoms with E-state index in [0.717, 1.165) is 17.4 Å². The van der Waals surface area contributed by atoms with Crippen molar-refractivity contribution in [3.05, 3.63) is 62.4 Å². The van der Waals surface area contributed by atoms with E-state index in [1.165, 1.54) is 10.8 Å². The van der Waals surface area contributed by atoms with Crippen LogP contribution in [-0.2, 0) is 6.54 Å². The van der Waals surface area contributed by atoms with Crippen LogP contribution in [0.1, 0.15) is 41.7 Å². The van der Waals surface area contributed by atoms with Gasteiger partial charge in [0.15, 0.2) is 5.78 Å². The second-order valence-corrected chi connectivity index (χ2v) is 5.85. The molecule has 1 aliphatic rings. The summed E-state index contributed by atoms with van der Waals surface area (Å²) < 4.78 is 7.54. The molecule has 0 radical (unpaired) electrons. The van der Waals surface area contributed by atoms with Gasteiger partial charge in [-0.3, -0.25) is 18.7 Å². The molecule has 0 bridgehead atoms. The normalized spacial score (nSPS) is 13.3. The Hall–Kier alpha value is -3.14. The third-order valence-corrected chi connectivity index (χ3v) is 4.05. The maximum absolute atomic E-state index is 12.5. The lowest BCUT2D eigenvalue weighted by Crippen LogP contribution is -2.42. The van der Waals surface area contributed by atoms with E-state index in [2.05, 4.69) is 0 Å². The lowest BCUT2D eigenvalue weighted by molar-refractivity contribution is 0.0968. The minimum atomic E-state index is -0.733. The number of ether oxygens (including phenoxy) is 1. The smallest absolute Gasteiger partial charge is 0.331 e. The van der Waals surface area contributed by atoms with Crippen LogP contribution >= 0.6 is 0 Å². The number of rotatable bonds is 6. The predicted molar refractivity (Wildman–Crippen MR) is 89.9 cm³/mol. The van der Waals surface area contributed by atoms with Gasteiger partial charge >= 0.3 is 5.69 Å². The second-order valence-electron chi connectivity index (χ2n) is 5.85. The summed E-state index contributed by atoms with van der Waals surface area (Å²) in [6.07, 6.45) is 2.95. The van der Waals surface area contributed by atoms with Crippen LogP contribution in [0.25, 0.3) is 0 Å². The number of carbonyl (C=O) groups is 1. The van der Waals surface area contributed by atoms with Gasteiger partial charge in [0.05, 0.1) is 13.2 Å². The number of carbonyl (C=O) groups excluding carboxylic acids is 1. The largest absolute Gasteiger partial charge is 0.494 e. The summed E-state index contributed by atoms with van der Waals surface area (Å²) in [6.45, 7) is 1.98. The molecule has 1 saturated carbocycles. The molecule has 1 heterocycles. The van der Waals surface area contributed by atoms with E-state index < -0.39 is 17.8 Å². The van der Waals surface area contributed by atoms with Crippen LogP contribution in [0.3, 0.4) is 0 Å². The van der Waals surface area contributed by atoms with E-state index in [1.54, 1.807) is 30.3 Å². The van der Waals surface area contributed by atoms with Crippen molar-refractivity contribution in [3.63, 3.8) is 0 Å². The lowest BCUT2D eigenvalue weighted by Gasteiger charge is -2.10. The molecule has 7 nitrogen and oxygen atoms in total. The predicted octanol–water partition coefficient (Wildman–Crippen LogP) is 1.50. The van der Waals surface area contributed by atoms with E-state index in [0.29, 0.717) is 17.9 Å². The Morgan fingerprint density at radius 2 is 1.96 bits per heavy atom. The van der Waals surface area contributed by atoms with Crippen molar-refractivity contribution in [3.8, 4) is 11.8 Å². The molecule has 0 aliphatic heterocycles. The first-order valence-corrected chi connectivity index (χ1v) is 8.07. The summed E-state index contributed by atoms with van der Waals surface area (Å²) >= 11 is 0. The third kappa shape index (κ3) is 3.38. The van der Waals surface area contributed by atoms with Gasteiger partial charge in [-0.05, 0) is 44.0 Å². The number of ketones is 1. The van der Waals surface area contributed by atoms with Crippen molar-refractivity contribution < 1.29 is 9.53 Å². The molecule has 1 aromatic heterocycles. The Bertz CT molecular complexity index is 960. The molecule has 2 aromatic rings. The summed E-state index contributed by atoms with van der Waals surface area (Å²) in [4.78, 5) is 37.2. The third-order valence-electron chi connectivity index (χ3n) is 4.05. The van der Waals surface area contributed by atoms with Gasteiger partial charge in [0, 0.05) is 17.8 Å². The highest BCUT2D eigenvalue weighted by atomic mass is 16.5. The number of Topliss-reactive ketones (excluding diaryl/α,β-unsaturated/α-hetero) is 1. The second kappa shape index (κ2) is 6.77. The fraction of sp³-hybridized carbons (Fsp3) is 0.333. The molecule has 1 aliphatic carbocycles. The molecule has 3 rings (SSSR count). The molecule has 7 heteroatoms. The maximum Gasteiger partial charge on any atom is 0.331 e. The van der Waals surface area contributed by atoms with E-state index in [4.69, 9.17) is 10.00 Å². The molecule has 0 unspecified atom stereocenters. The van der Waals surface area contributed by atoms with E-state index in [9.17, 15) is 14.4 Å². The molecular formula is C18H17N3O4. The fourth-order valence-electron chi connectivity index (χ4n) is 2.59.